The Labute approximate surface area is 382 Å². The average molecular weight is 936 g/mol. The van der Waals surface area contributed by atoms with Gasteiger partial charge in [-0.25, -0.2) is 21.6 Å². The predicted molar refractivity (Wildman–Crippen MR) is 245 cm³/mol. The number of piperazine rings is 1. The van der Waals surface area contributed by atoms with Gasteiger partial charge in [0.05, 0.1) is 24.0 Å². The first-order chi connectivity index (χ1) is 30.5. The molecule has 64 heavy (non-hydrogen) atoms. The number of carboxylic acid groups (broad SMARTS) is 1. The molecule has 2 aromatic rings. The Morgan fingerprint density at radius 3 is 1.44 bits per heavy atom. The highest BCUT2D eigenvalue weighted by Crippen LogP contribution is 2.34. The second-order valence-corrected chi connectivity index (χ2v) is 21.4. The highest BCUT2D eigenvalue weighted by atomic mass is 32.2. The van der Waals surface area contributed by atoms with E-state index >= 15 is 0 Å². The summed E-state index contributed by atoms with van der Waals surface area (Å²) in [7, 11) is -1.97. The Bertz CT molecular complexity index is 2040. The Morgan fingerprint density at radius 2 is 1.03 bits per heavy atom. The summed E-state index contributed by atoms with van der Waals surface area (Å²) in [5.74, 6) is 0.305. The lowest BCUT2D eigenvalue weighted by atomic mass is 10.0. The number of carboxylic acids is 1. The van der Waals surface area contributed by atoms with Crippen molar-refractivity contribution in [1.29, 1.82) is 0 Å². The van der Waals surface area contributed by atoms with Crippen LogP contribution in [0.25, 0.3) is 0 Å². The minimum Gasteiger partial charge on any atom is -0.497 e. The quantitative estimate of drug-likeness (QED) is 0.214. The van der Waals surface area contributed by atoms with E-state index in [0.29, 0.717) is 82.1 Å². The molecule has 16 nitrogen and oxygen atoms in total. The number of sulfonamides is 2. The first kappa shape index (κ1) is 51.6. The van der Waals surface area contributed by atoms with E-state index in [-0.39, 0.29) is 37.8 Å². The van der Waals surface area contributed by atoms with E-state index in [0.717, 1.165) is 77.8 Å². The molecule has 2 atom stereocenters. The number of aryl methyl sites for hydroxylation is 4. The summed E-state index contributed by atoms with van der Waals surface area (Å²) in [6.45, 7) is 14.1. The van der Waals surface area contributed by atoms with Crippen LogP contribution in [0.2, 0.25) is 0 Å². The molecule has 2 unspecified atom stereocenters. The van der Waals surface area contributed by atoms with Gasteiger partial charge in [0.25, 0.3) is 0 Å². The normalized spacial score (nSPS) is 21.3. The molecule has 360 valence electrons. The van der Waals surface area contributed by atoms with Crippen LogP contribution in [0.5, 0.6) is 11.5 Å². The maximum atomic E-state index is 13.7. The molecule has 18 heteroatoms. The van der Waals surface area contributed by atoms with Gasteiger partial charge in [-0.1, -0.05) is 12.8 Å². The fourth-order valence-electron chi connectivity index (χ4n) is 9.81. The molecule has 0 saturated carbocycles. The van der Waals surface area contributed by atoms with E-state index in [1.54, 1.807) is 60.9 Å². The van der Waals surface area contributed by atoms with Crippen molar-refractivity contribution in [3.63, 3.8) is 0 Å². The third-order valence-corrected chi connectivity index (χ3v) is 17.6. The van der Waals surface area contributed by atoms with E-state index in [1.165, 1.54) is 12.8 Å². The molecular formula is C46H73N5O11S2. The molecule has 1 N–H and O–H groups in total. The van der Waals surface area contributed by atoms with Gasteiger partial charge in [-0.05, 0) is 146 Å². The number of ether oxygens (including phenoxy) is 4. The number of carbonyl (C=O) groups excluding carboxylic acids is 1. The molecule has 4 aliphatic rings. The molecule has 4 aliphatic heterocycles. The first-order valence-electron chi connectivity index (χ1n) is 22.9. The monoisotopic (exact) mass is 935 g/mol. The van der Waals surface area contributed by atoms with Gasteiger partial charge in [-0.2, -0.15) is 8.61 Å². The summed E-state index contributed by atoms with van der Waals surface area (Å²) < 4.78 is 78.8. The Hall–Kier alpha value is -3.36. The minimum atomic E-state index is -3.65. The van der Waals surface area contributed by atoms with Crippen molar-refractivity contribution in [2.24, 2.45) is 0 Å². The first-order valence-corrected chi connectivity index (χ1v) is 25.8. The number of hydrogen-bond donors (Lipinski definition) is 1. The number of benzene rings is 2. The summed E-state index contributed by atoms with van der Waals surface area (Å²) >= 11 is 0. The third kappa shape index (κ3) is 13.4. The Kier molecular flexibility index (Phi) is 19.3. The number of aliphatic carboxylic acids is 1. The Morgan fingerprint density at radius 1 is 0.609 bits per heavy atom. The zero-order valence-electron chi connectivity index (χ0n) is 39.2. The van der Waals surface area contributed by atoms with Crippen molar-refractivity contribution < 1.29 is 50.5 Å². The predicted octanol–water partition coefficient (Wildman–Crippen LogP) is 4.85. The topological polar surface area (TPSA) is 176 Å². The van der Waals surface area contributed by atoms with Crippen molar-refractivity contribution in [2.45, 2.75) is 120 Å². The molecule has 0 radical (unpaired) electrons. The fraction of sp³-hybridized carbons (Fsp3) is 0.696. The molecule has 6 rings (SSSR count). The second kappa shape index (κ2) is 23.9. The molecule has 4 fully saturated rings. The highest BCUT2D eigenvalue weighted by Gasteiger charge is 2.37. The van der Waals surface area contributed by atoms with Gasteiger partial charge in [0.1, 0.15) is 24.7 Å². The number of hydrogen-bond acceptors (Lipinski definition) is 12. The molecule has 4 saturated heterocycles. The number of amides is 1. The molecule has 0 spiro atoms. The van der Waals surface area contributed by atoms with Crippen LogP contribution < -0.4 is 9.47 Å². The molecule has 2 aromatic carbocycles. The molecular weight excluding hydrogens is 863 g/mol. The number of nitrogens with zero attached hydrogens (tertiary/aromatic N) is 5. The number of likely N-dealkylation sites (tertiary alicyclic amines) is 1. The lowest BCUT2D eigenvalue weighted by Gasteiger charge is -2.42. The third-order valence-electron chi connectivity index (χ3n) is 13.1. The van der Waals surface area contributed by atoms with Crippen LogP contribution in [0, 0.1) is 27.7 Å². The molecule has 0 aliphatic carbocycles. The van der Waals surface area contributed by atoms with E-state index in [1.807, 2.05) is 18.7 Å². The second-order valence-electron chi connectivity index (χ2n) is 17.7. The molecule has 0 aromatic heterocycles. The van der Waals surface area contributed by atoms with Gasteiger partial charge in [-0.3, -0.25) is 9.69 Å². The standard InChI is InChI=1S/C28H46N4O5S.C18H27NO6S/c1-22-19-26(36-4)20-23(2)28(22)38(34,35)32-11-6-5-7-25(32)10-18-37-21-27(33)31-16-14-30(15-17-31)24-8-12-29(3)13-9-24;1-13-10-16(24-3)11-14(2)18(13)26(22,23)19-8-5-4-6-15(19)7-9-25-12-17(20)21/h19-20,24-25H,5-18,21H2,1-4H3;10-11,15H,4-9,12H2,1-3H3,(H,20,21). The van der Waals surface area contributed by atoms with Gasteiger partial charge < -0.3 is 33.9 Å². The summed E-state index contributed by atoms with van der Waals surface area (Å²) in [4.78, 5) is 30.9. The van der Waals surface area contributed by atoms with Crippen LogP contribution in [0.3, 0.4) is 0 Å². The van der Waals surface area contributed by atoms with Crippen molar-refractivity contribution in [3.05, 3.63) is 46.5 Å². The van der Waals surface area contributed by atoms with Gasteiger partial charge in [0.2, 0.25) is 26.0 Å². The maximum absolute atomic E-state index is 13.7. The average Bonchev–Trinajstić information content (AvgIpc) is 3.26. The van der Waals surface area contributed by atoms with Crippen LogP contribution in [0.15, 0.2) is 34.1 Å². The van der Waals surface area contributed by atoms with Crippen LogP contribution in [-0.2, 0) is 39.1 Å². The van der Waals surface area contributed by atoms with E-state index in [4.69, 9.17) is 24.1 Å². The molecule has 0 bridgehead atoms. The van der Waals surface area contributed by atoms with Gasteiger partial charge in [0, 0.05) is 70.6 Å². The Balaban J connectivity index is 0.000000259. The molecule has 4 heterocycles. The highest BCUT2D eigenvalue weighted by molar-refractivity contribution is 7.89. The van der Waals surface area contributed by atoms with Crippen molar-refractivity contribution in [2.75, 3.05) is 100 Å². The number of methoxy groups -OCH3 is 2. The van der Waals surface area contributed by atoms with E-state index < -0.39 is 26.0 Å². The SMILES string of the molecule is COc1cc(C)c(S(=O)(=O)N2CCCCC2CCOCC(=O)N2CCN(C3CCN(C)CC3)CC2)c(C)c1.COc1cc(C)c(S(=O)(=O)N2CCCCC2CCOCC(=O)O)c(C)c1. The van der Waals surface area contributed by atoms with Crippen LogP contribution in [0.4, 0.5) is 0 Å². The summed E-state index contributed by atoms with van der Waals surface area (Å²) in [6.07, 6.45) is 8.68. The number of carbonyl (C=O) groups is 2. The zero-order chi connectivity index (χ0) is 46.6. The number of piperidine rings is 3. The smallest absolute Gasteiger partial charge is 0.329 e. The van der Waals surface area contributed by atoms with Crippen molar-refractivity contribution in [1.82, 2.24) is 23.3 Å². The van der Waals surface area contributed by atoms with Gasteiger partial charge in [-0.15, -0.1) is 0 Å². The zero-order valence-corrected chi connectivity index (χ0v) is 40.8. The van der Waals surface area contributed by atoms with E-state index in [9.17, 15) is 26.4 Å². The van der Waals surface area contributed by atoms with Crippen molar-refractivity contribution >= 4 is 31.9 Å². The van der Waals surface area contributed by atoms with Gasteiger partial charge in [0.15, 0.2) is 0 Å². The summed E-state index contributed by atoms with van der Waals surface area (Å²) in [6, 6.07) is 7.36. The van der Waals surface area contributed by atoms with Gasteiger partial charge >= 0.3 is 5.97 Å². The van der Waals surface area contributed by atoms with Crippen molar-refractivity contribution in [3.8, 4) is 11.5 Å². The largest absolute Gasteiger partial charge is 0.497 e. The van der Waals surface area contributed by atoms with Crippen LogP contribution >= 0.6 is 0 Å². The summed E-state index contributed by atoms with van der Waals surface area (Å²) in [5.41, 5.74) is 2.72. The summed E-state index contributed by atoms with van der Waals surface area (Å²) in [5, 5.41) is 8.64. The van der Waals surface area contributed by atoms with Crippen LogP contribution in [0.1, 0.15) is 86.5 Å². The van der Waals surface area contributed by atoms with E-state index in [2.05, 4.69) is 16.8 Å². The fourth-order valence-corrected chi connectivity index (χ4v) is 14.1. The lowest BCUT2D eigenvalue weighted by molar-refractivity contribution is -0.142. The maximum Gasteiger partial charge on any atom is 0.329 e. The van der Waals surface area contributed by atoms with Crippen LogP contribution in [-0.4, -0.2) is 175 Å². The minimum absolute atomic E-state index is 0.0330. The lowest BCUT2D eigenvalue weighted by Crippen LogP contribution is -2.54. The number of rotatable bonds is 17. The molecule has 1 amide bonds.